The summed E-state index contributed by atoms with van der Waals surface area (Å²) < 4.78 is 0. The number of nitrogens with one attached hydrogen (secondary N) is 2. The van der Waals surface area contributed by atoms with Crippen molar-refractivity contribution in [2.75, 3.05) is 5.32 Å². The predicted molar refractivity (Wildman–Crippen MR) is 110 cm³/mol. The van der Waals surface area contributed by atoms with Gasteiger partial charge in [0.1, 0.15) is 5.65 Å². The van der Waals surface area contributed by atoms with Crippen LogP contribution in [0.15, 0.2) is 48.8 Å². The Morgan fingerprint density at radius 3 is 2.67 bits per heavy atom. The number of aromatic amines is 1. The SMILES string of the molecule is NC(=O)C(=Cc1c[nH]c2nccc(NC3CCCCC3)c12)c1ccccc1. The van der Waals surface area contributed by atoms with Crippen molar-refractivity contribution in [3.63, 3.8) is 0 Å². The zero-order valence-electron chi connectivity index (χ0n) is 15.2. The van der Waals surface area contributed by atoms with Crippen LogP contribution in [-0.2, 0) is 4.79 Å². The number of amides is 1. The number of hydrogen-bond acceptors (Lipinski definition) is 3. The summed E-state index contributed by atoms with van der Waals surface area (Å²) in [5, 5.41) is 4.69. The van der Waals surface area contributed by atoms with Gasteiger partial charge in [-0.3, -0.25) is 4.79 Å². The summed E-state index contributed by atoms with van der Waals surface area (Å²) in [5.41, 5.74) is 9.74. The lowest BCUT2D eigenvalue weighted by molar-refractivity contribution is -0.112. The maximum Gasteiger partial charge on any atom is 0.249 e. The largest absolute Gasteiger partial charge is 0.382 e. The zero-order chi connectivity index (χ0) is 18.6. The van der Waals surface area contributed by atoms with Crippen LogP contribution in [0, 0.1) is 0 Å². The van der Waals surface area contributed by atoms with Crippen molar-refractivity contribution >= 4 is 34.3 Å². The van der Waals surface area contributed by atoms with Gasteiger partial charge in [0.2, 0.25) is 5.91 Å². The number of rotatable bonds is 5. The topological polar surface area (TPSA) is 83.8 Å². The Morgan fingerprint density at radius 1 is 1.15 bits per heavy atom. The minimum absolute atomic E-state index is 0.443. The molecule has 1 aliphatic rings. The molecule has 138 valence electrons. The molecule has 2 heterocycles. The fraction of sp³-hybridized carbons (Fsp3) is 0.273. The van der Waals surface area contributed by atoms with Crippen LogP contribution in [0.25, 0.3) is 22.7 Å². The van der Waals surface area contributed by atoms with Crippen molar-refractivity contribution in [2.24, 2.45) is 5.73 Å². The van der Waals surface area contributed by atoms with Crippen molar-refractivity contribution in [1.82, 2.24) is 9.97 Å². The van der Waals surface area contributed by atoms with Gasteiger partial charge in [-0.25, -0.2) is 4.98 Å². The van der Waals surface area contributed by atoms with Gasteiger partial charge in [0.15, 0.2) is 0 Å². The van der Waals surface area contributed by atoms with E-state index in [1.165, 1.54) is 32.1 Å². The smallest absolute Gasteiger partial charge is 0.249 e. The third-order valence-corrected chi connectivity index (χ3v) is 5.22. The van der Waals surface area contributed by atoms with E-state index in [0.29, 0.717) is 11.6 Å². The van der Waals surface area contributed by atoms with Crippen LogP contribution in [-0.4, -0.2) is 21.9 Å². The van der Waals surface area contributed by atoms with Gasteiger partial charge in [-0.05, 0) is 30.5 Å². The summed E-state index contributed by atoms with van der Waals surface area (Å²) in [6.07, 6.45) is 11.8. The number of carbonyl (C=O) groups excluding carboxylic acids is 1. The maximum absolute atomic E-state index is 12.1. The molecule has 0 saturated heterocycles. The van der Waals surface area contributed by atoms with Gasteiger partial charge in [-0.2, -0.15) is 0 Å². The number of aromatic nitrogens is 2. The Balaban J connectivity index is 1.76. The Morgan fingerprint density at radius 2 is 1.93 bits per heavy atom. The number of primary amides is 1. The molecule has 1 amide bonds. The molecule has 5 heteroatoms. The molecule has 1 fully saturated rings. The standard InChI is InChI=1S/C22H24N4O/c23-21(27)18(15-7-3-1-4-8-15)13-16-14-25-22-20(16)19(11-12-24-22)26-17-9-5-2-6-10-17/h1,3-4,7-8,11-14,17H,2,5-6,9-10H2,(H2,23,27)(H2,24,25,26). The number of pyridine rings is 1. The minimum Gasteiger partial charge on any atom is -0.382 e. The molecule has 0 radical (unpaired) electrons. The summed E-state index contributed by atoms with van der Waals surface area (Å²) in [7, 11) is 0. The second kappa shape index (κ2) is 7.66. The van der Waals surface area contributed by atoms with E-state index in [1.807, 2.05) is 54.9 Å². The average molecular weight is 360 g/mol. The predicted octanol–water partition coefficient (Wildman–Crippen LogP) is 4.33. The molecule has 0 spiro atoms. The van der Waals surface area contributed by atoms with E-state index in [2.05, 4.69) is 15.3 Å². The van der Waals surface area contributed by atoms with E-state index in [4.69, 9.17) is 5.73 Å². The fourth-order valence-corrected chi connectivity index (χ4v) is 3.85. The number of nitrogens with two attached hydrogens (primary N) is 1. The molecule has 0 aliphatic heterocycles. The number of nitrogens with zero attached hydrogens (tertiary/aromatic N) is 1. The number of carbonyl (C=O) groups is 1. The molecule has 0 bridgehead atoms. The first-order valence-electron chi connectivity index (χ1n) is 9.52. The molecule has 5 nitrogen and oxygen atoms in total. The quantitative estimate of drug-likeness (QED) is 0.592. The van der Waals surface area contributed by atoms with Crippen molar-refractivity contribution in [3.8, 4) is 0 Å². The molecule has 27 heavy (non-hydrogen) atoms. The molecule has 4 rings (SSSR count). The third-order valence-electron chi connectivity index (χ3n) is 5.22. The van der Waals surface area contributed by atoms with Crippen LogP contribution >= 0.6 is 0 Å². The van der Waals surface area contributed by atoms with E-state index in [9.17, 15) is 4.79 Å². The first-order chi connectivity index (χ1) is 13.2. The van der Waals surface area contributed by atoms with Crippen LogP contribution < -0.4 is 11.1 Å². The zero-order valence-corrected chi connectivity index (χ0v) is 15.2. The summed E-state index contributed by atoms with van der Waals surface area (Å²) in [4.78, 5) is 19.7. The number of H-pyrrole nitrogens is 1. The van der Waals surface area contributed by atoms with Gasteiger partial charge >= 0.3 is 0 Å². The number of anilines is 1. The summed E-state index contributed by atoms with van der Waals surface area (Å²) in [6, 6.07) is 12.0. The number of fused-ring (bicyclic) bond motifs is 1. The maximum atomic E-state index is 12.1. The molecular formula is C22H24N4O. The molecule has 2 aromatic heterocycles. The number of hydrogen-bond donors (Lipinski definition) is 3. The van der Waals surface area contributed by atoms with Crippen LogP contribution in [0.2, 0.25) is 0 Å². The van der Waals surface area contributed by atoms with Gasteiger partial charge in [0, 0.05) is 40.6 Å². The Kier molecular flexibility index (Phi) is 4.92. The molecular weight excluding hydrogens is 336 g/mol. The normalized spacial score (nSPS) is 15.8. The monoisotopic (exact) mass is 360 g/mol. The molecule has 1 saturated carbocycles. The summed E-state index contributed by atoms with van der Waals surface area (Å²) in [5.74, 6) is -0.443. The van der Waals surface area contributed by atoms with Gasteiger partial charge in [-0.15, -0.1) is 0 Å². The Labute approximate surface area is 158 Å². The highest BCUT2D eigenvalue weighted by Gasteiger charge is 2.17. The second-order valence-electron chi connectivity index (χ2n) is 7.09. The first-order valence-corrected chi connectivity index (χ1v) is 9.52. The van der Waals surface area contributed by atoms with Gasteiger partial charge in [-0.1, -0.05) is 49.6 Å². The van der Waals surface area contributed by atoms with E-state index in [1.54, 1.807) is 0 Å². The third kappa shape index (κ3) is 3.72. The van der Waals surface area contributed by atoms with E-state index in [0.717, 1.165) is 27.8 Å². The lowest BCUT2D eigenvalue weighted by Crippen LogP contribution is -2.22. The lowest BCUT2D eigenvalue weighted by atomic mass is 9.95. The highest BCUT2D eigenvalue weighted by Crippen LogP contribution is 2.31. The summed E-state index contributed by atoms with van der Waals surface area (Å²) >= 11 is 0. The van der Waals surface area contributed by atoms with Crippen LogP contribution in [0.1, 0.15) is 43.2 Å². The highest BCUT2D eigenvalue weighted by atomic mass is 16.1. The number of benzene rings is 1. The summed E-state index contributed by atoms with van der Waals surface area (Å²) in [6.45, 7) is 0. The lowest BCUT2D eigenvalue weighted by Gasteiger charge is -2.24. The average Bonchev–Trinajstić information content (AvgIpc) is 3.11. The van der Waals surface area contributed by atoms with Gasteiger partial charge in [0.05, 0.1) is 0 Å². The van der Waals surface area contributed by atoms with Crippen LogP contribution in [0.3, 0.4) is 0 Å². The molecule has 1 aromatic carbocycles. The fourth-order valence-electron chi connectivity index (χ4n) is 3.85. The highest BCUT2D eigenvalue weighted by molar-refractivity contribution is 6.24. The molecule has 0 unspecified atom stereocenters. The Bertz CT molecular complexity index is 968. The van der Waals surface area contributed by atoms with Crippen molar-refractivity contribution in [1.29, 1.82) is 0 Å². The van der Waals surface area contributed by atoms with Crippen LogP contribution in [0.4, 0.5) is 5.69 Å². The van der Waals surface area contributed by atoms with Crippen LogP contribution in [0.5, 0.6) is 0 Å². The molecule has 3 aromatic rings. The van der Waals surface area contributed by atoms with Crippen molar-refractivity contribution < 1.29 is 4.79 Å². The van der Waals surface area contributed by atoms with E-state index < -0.39 is 5.91 Å². The first kappa shape index (κ1) is 17.3. The Hall–Kier alpha value is -3.08. The van der Waals surface area contributed by atoms with Gasteiger partial charge < -0.3 is 16.0 Å². The van der Waals surface area contributed by atoms with Crippen molar-refractivity contribution in [3.05, 3.63) is 59.9 Å². The molecule has 1 aliphatic carbocycles. The minimum atomic E-state index is -0.443. The van der Waals surface area contributed by atoms with Gasteiger partial charge in [0.25, 0.3) is 0 Å². The van der Waals surface area contributed by atoms with E-state index >= 15 is 0 Å². The molecule has 0 atom stereocenters. The molecule has 4 N–H and O–H groups in total. The van der Waals surface area contributed by atoms with E-state index in [-0.39, 0.29) is 0 Å². The second-order valence-corrected chi connectivity index (χ2v) is 7.09. The van der Waals surface area contributed by atoms with Crippen molar-refractivity contribution in [2.45, 2.75) is 38.1 Å².